The van der Waals surface area contributed by atoms with E-state index in [-0.39, 0.29) is 0 Å². The largest absolute Gasteiger partial charge is 0.489 e. The molecule has 0 spiro atoms. The van der Waals surface area contributed by atoms with Crippen molar-refractivity contribution in [3.63, 3.8) is 0 Å². The summed E-state index contributed by atoms with van der Waals surface area (Å²) >= 11 is 0. The predicted octanol–water partition coefficient (Wildman–Crippen LogP) is 2.53. The lowest BCUT2D eigenvalue weighted by Gasteiger charge is -2.08. The zero-order chi connectivity index (χ0) is 14.8. The van der Waals surface area contributed by atoms with Crippen LogP contribution in [0.25, 0.3) is 10.8 Å². The first-order valence-corrected chi connectivity index (χ1v) is 6.87. The Morgan fingerprint density at radius 2 is 1.90 bits per heavy atom. The van der Waals surface area contributed by atoms with Gasteiger partial charge in [0, 0.05) is 6.92 Å². The number of ether oxygens (including phenoxy) is 1. The molecule has 0 aliphatic carbocycles. The van der Waals surface area contributed by atoms with Crippen molar-refractivity contribution >= 4 is 16.6 Å². The maximum Gasteiger partial charge on any atom is 0.297 e. The summed E-state index contributed by atoms with van der Waals surface area (Å²) in [5, 5.41) is 2.36. The minimum atomic E-state index is 0.408. The van der Waals surface area contributed by atoms with Crippen molar-refractivity contribution in [1.29, 1.82) is 0 Å². The molecule has 0 unspecified atom stereocenters. The number of aromatic nitrogens is 2. The first kappa shape index (κ1) is 13.4. The topological polar surface area (TPSA) is 52.0 Å². The summed E-state index contributed by atoms with van der Waals surface area (Å²) in [7, 11) is 1.95. The van der Waals surface area contributed by atoms with E-state index < -0.39 is 0 Å². The van der Waals surface area contributed by atoms with Gasteiger partial charge in [0.15, 0.2) is 0 Å². The second-order valence-electron chi connectivity index (χ2n) is 5.11. The summed E-state index contributed by atoms with van der Waals surface area (Å²) in [6.07, 6.45) is 1.96. The second kappa shape index (κ2) is 5.40. The number of hydrogen-bond donors (Lipinski definition) is 1. The molecular formula is C17H18N3O+. The van der Waals surface area contributed by atoms with E-state index in [4.69, 9.17) is 10.5 Å². The maximum absolute atomic E-state index is 5.94. The number of nitrogens with two attached hydrogens (primary N) is 1. The molecule has 2 N–H and O–H groups in total. The molecule has 3 aromatic rings. The lowest BCUT2D eigenvalue weighted by molar-refractivity contribution is -0.681. The molecular weight excluding hydrogens is 262 g/mol. The van der Waals surface area contributed by atoms with E-state index in [9.17, 15) is 0 Å². The summed E-state index contributed by atoms with van der Waals surface area (Å²) < 4.78 is 7.78. The van der Waals surface area contributed by atoms with Crippen molar-refractivity contribution in [1.82, 2.24) is 4.98 Å². The minimum Gasteiger partial charge on any atom is -0.489 e. The van der Waals surface area contributed by atoms with E-state index in [1.165, 1.54) is 5.39 Å². The van der Waals surface area contributed by atoms with Crippen LogP contribution in [0.2, 0.25) is 0 Å². The van der Waals surface area contributed by atoms with Crippen molar-refractivity contribution in [2.45, 2.75) is 13.5 Å². The molecule has 0 aliphatic rings. The third kappa shape index (κ3) is 2.79. The highest BCUT2D eigenvalue weighted by molar-refractivity contribution is 5.83. The Morgan fingerprint density at radius 3 is 2.71 bits per heavy atom. The van der Waals surface area contributed by atoms with Gasteiger partial charge in [-0.15, -0.1) is 0 Å². The van der Waals surface area contributed by atoms with Crippen molar-refractivity contribution < 1.29 is 9.30 Å². The summed E-state index contributed by atoms with van der Waals surface area (Å²) in [5.74, 6) is 2.23. The third-order valence-electron chi connectivity index (χ3n) is 3.59. The van der Waals surface area contributed by atoms with E-state index in [2.05, 4.69) is 23.2 Å². The molecule has 0 aliphatic heterocycles. The number of nitrogens with zero attached hydrogens (tertiary/aromatic N) is 2. The highest BCUT2D eigenvalue weighted by atomic mass is 16.5. The van der Waals surface area contributed by atoms with Crippen LogP contribution in [0.5, 0.6) is 5.75 Å². The molecule has 4 nitrogen and oxygen atoms in total. The van der Waals surface area contributed by atoms with E-state index in [0.717, 1.165) is 22.5 Å². The van der Waals surface area contributed by atoms with E-state index in [1.54, 1.807) is 0 Å². The van der Waals surface area contributed by atoms with Gasteiger partial charge in [-0.05, 0) is 27.9 Å². The Balaban J connectivity index is 1.81. The van der Waals surface area contributed by atoms with Crippen LogP contribution in [0.3, 0.4) is 0 Å². The summed E-state index contributed by atoms with van der Waals surface area (Å²) in [6.45, 7) is 2.33. The minimum absolute atomic E-state index is 0.408. The average Bonchev–Trinajstić information content (AvgIpc) is 2.49. The first-order valence-electron chi connectivity index (χ1n) is 6.87. The number of rotatable bonds is 3. The molecule has 0 saturated heterocycles. The fourth-order valence-electron chi connectivity index (χ4n) is 2.25. The average molecular weight is 280 g/mol. The van der Waals surface area contributed by atoms with Crippen LogP contribution in [0.15, 0.2) is 48.7 Å². The first-order chi connectivity index (χ1) is 10.1. The van der Waals surface area contributed by atoms with Crippen LogP contribution in [-0.4, -0.2) is 4.98 Å². The van der Waals surface area contributed by atoms with Crippen LogP contribution in [-0.2, 0) is 13.7 Å². The zero-order valence-electron chi connectivity index (χ0n) is 12.2. The van der Waals surface area contributed by atoms with Crippen LogP contribution in [0, 0.1) is 6.92 Å². The quantitative estimate of drug-likeness (QED) is 0.750. The molecule has 0 atom stereocenters. The van der Waals surface area contributed by atoms with Gasteiger partial charge in [-0.2, -0.15) is 0 Å². The highest BCUT2D eigenvalue weighted by Crippen LogP contribution is 2.21. The maximum atomic E-state index is 5.94. The van der Waals surface area contributed by atoms with Gasteiger partial charge < -0.3 is 10.5 Å². The van der Waals surface area contributed by atoms with E-state index >= 15 is 0 Å². The lowest BCUT2D eigenvalue weighted by Crippen LogP contribution is -2.34. The van der Waals surface area contributed by atoms with Crippen LogP contribution in [0.1, 0.15) is 11.4 Å². The van der Waals surface area contributed by atoms with Gasteiger partial charge in [0.25, 0.3) is 5.82 Å². The van der Waals surface area contributed by atoms with Crippen LogP contribution < -0.4 is 15.0 Å². The fraction of sp³-hybridized carbons (Fsp3) is 0.176. The normalized spacial score (nSPS) is 10.8. The monoisotopic (exact) mass is 280 g/mol. The number of hydrogen-bond acceptors (Lipinski definition) is 3. The number of aryl methyl sites for hydroxylation is 2. The molecule has 1 aromatic heterocycles. The SMILES string of the molecule is Cc1nc(N)c(COc2ccc3ccccc3c2)c[n+]1C. The molecule has 1 heterocycles. The Morgan fingerprint density at radius 1 is 1.14 bits per heavy atom. The van der Waals surface area contributed by atoms with E-state index in [0.29, 0.717) is 12.4 Å². The van der Waals surface area contributed by atoms with Crippen LogP contribution in [0.4, 0.5) is 5.82 Å². The van der Waals surface area contributed by atoms with Gasteiger partial charge >= 0.3 is 0 Å². The molecule has 0 fully saturated rings. The molecule has 0 amide bonds. The Bertz CT molecular complexity index is 799. The summed E-state index contributed by atoms with van der Waals surface area (Å²) in [6, 6.07) is 14.3. The van der Waals surface area contributed by atoms with Gasteiger partial charge in [0.2, 0.25) is 5.82 Å². The highest BCUT2D eigenvalue weighted by Gasteiger charge is 2.12. The molecule has 4 heteroatoms. The lowest BCUT2D eigenvalue weighted by atomic mass is 10.1. The molecule has 0 bridgehead atoms. The number of benzene rings is 2. The summed E-state index contributed by atoms with van der Waals surface area (Å²) in [4.78, 5) is 4.30. The molecule has 106 valence electrons. The molecule has 0 radical (unpaired) electrons. The molecule has 2 aromatic carbocycles. The van der Waals surface area contributed by atoms with Crippen molar-refractivity contribution in [2.24, 2.45) is 7.05 Å². The van der Waals surface area contributed by atoms with Crippen molar-refractivity contribution in [3.05, 3.63) is 60.0 Å². The van der Waals surface area contributed by atoms with Gasteiger partial charge in [-0.1, -0.05) is 30.3 Å². The smallest absolute Gasteiger partial charge is 0.297 e. The van der Waals surface area contributed by atoms with Gasteiger partial charge in [0.1, 0.15) is 18.6 Å². The second-order valence-corrected chi connectivity index (χ2v) is 5.11. The standard InChI is InChI=1S/C17H17N3O/c1-12-19-17(18)15(10-20(12)2)11-21-16-8-7-13-5-3-4-6-14(13)9-16/h3-10,18H,11H2,1-2H3/p+1. The van der Waals surface area contributed by atoms with Gasteiger partial charge in [-0.25, -0.2) is 4.57 Å². The third-order valence-corrected chi connectivity index (χ3v) is 3.59. The van der Waals surface area contributed by atoms with E-state index in [1.807, 2.05) is 49.0 Å². The Labute approximate surface area is 123 Å². The predicted molar refractivity (Wildman–Crippen MR) is 82.8 cm³/mol. The summed E-state index contributed by atoms with van der Waals surface area (Å²) in [5.41, 5.74) is 6.83. The Kier molecular flexibility index (Phi) is 3.44. The molecule has 3 rings (SSSR count). The zero-order valence-corrected chi connectivity index (χ0v) is 12.2. The van der Waals surface area contributed by atoms with Gasteiger partial charge in [0.05, 0.1) is 12.6 Å². The number of nitrogen functional groups attached to an aromatic ring is 1. The molecule has 21 heavy (non-hydrogen) atoms. The van der Waals surface area contributed by atoms with Gasteiger partial charge in [-0.3, -0.25) is 0 Å². The Hall–Kier alpha value is -2.62. The van der Waals surface area contributed by atoms with Crippen molar-refractivity contribution in [2.75, 3.05) is 5.73 Å². The van der Waals surface area contributed by atoms with Crippen molar-refractivity contribution in [3.8, 4) is 5.75 Å². The number of fused-ring (bicyclic) bond motifs is 1. The molecule has 0 saturated carbocycles. The van der Waals surface area contributed by atoms with Crippen LogP contribution >= 0.6 is 0 Å². The number of anilines is 1. The fourth-order valence-corrected chi connectivity index (χ4v) is 2.25.